The minimum atomic E-state index is 0.0320. The molecule has 1 amide bonds. The van der Waals surface area contributed by atoms with E-state index in [9.17, 15) is 4.79 Å². The lowest BCUT2D eigenvalue weighted by atomic mass is 9.93. The first kappa shape index (κ1) is 27.4. The van der Waals surface area contributed by atoms with Crippen molar-refractivity contribution in [2.75, 3.05) is 0 Å². The maximum Gasteiger partial charge on any atom is 0.254 e. The molecule has 5 rings (SSSR count). The Balaban J connectivity index is 1.42. The molecule has 8 heteroatoms. The van der Waals surface area contributed by atoms with Gasteiger partial charge in [0.05, 0.1) is 20.8 Å². The lowest BCUT2D eigenvalue weighted by Gasteiger charge is -2.23. The van der Waals surface area contributed by atoms with Gasteiger partial charge < -0.3 is 10.1 Å². The van der Waals surface area contributed by atoms with E-state index in [1.807, 2.05) is 30.5 Å². The largest absolute Gasteiger partial charge is 0.487 e. The zero-order valence-electron chi connectivity index (χ0n) is 21.1. The molecule has 0 atom stereocenters. The van der Waals surface area contributed by atoms with E-state index in [4.69, 9.17) is 15.0 Å². The number of aryl methyl sites for hydroxylation is 1. The van der Waals surface area contributed by atoms with E-state index in [0.717, 1.165) is 74.0 Å². The van der Waals surface area contributed by atoms with Crippen molar-refractivity contribution in [2.24, 2.45) is 4.99 Å². The smallest absolute Gasteiger partial charge is 0.254 e. The van der Waals surface area contributed by atoms with Gasteiger partial charge in [-0.3, -0.25) is 4.79 Å². The Morgan fingerprint density at radius 2 is 1.92 bits per heavy atom. The molecule has 0 spiro atoms. The number of hydrogen-bond acceptors (Lipinski definition) is 5. The number of halogens is 2. The summed E-state index contributed by atoms with van der Waals surface area (Å²) in [5, 5.41) is 13.2. The maximum atomic E-state index is 13.5. The summed E-state index contributed by atoms with van der Waals surface area (Å²) in [6.07, 6.45) is 11.8. The van der Waals surface area contributed by atoms with Crippen LogP contribution in [0.3, 0.4) is 0 Å². The van der Waals surface area contributed by atoms with Crippen LogP contribution in [0.5, 0.6) is 5.75 Å². The Bertz CT molecular complexity index is 1390. The quantitative estimate of drug-likeness (QED) is 0.199. The number of nitrogens with zero attached hydrogens (tertiary/aromatic N) is 2. The van der Waals surface area contributed by atoms with Crippen LogP contribution in [0.25, 0.3) is 0 Å². The summed E-state index contributed by atoms with van der Waals surface area (Å²) in [7, 11) is 0. The van der Waals surface area contributed by atoms with E-state index >= 15 is 0 Å². The number of benzene rings is 2. The van der Waals surface area contributed by atoms with Gasteiger partial charge in [0, 0.05) is 27.2 Å². The molecule has 1 saturated carbocycles. The molecule has 2 aliphatic rings. The standard InChI is InChI=1S/C30H29BrIN3O2S/c31-22-14-21(28(25(32)15-22)37-18-20-12-10-19(16-33)11-13-20)17-34-30-27(24-8-4-5-9-26(24)38-30)29(36)35-23-6-2-1-3-7-23/h10-15,17,23H,1-9,18H2,(H,35,36). The Labute approximate surface area is 250 Å². The monoisotopic (exact) mass is 701 g/mol. The molecule has 1 N–H and O–H groups in total. The number of carbonyl (C=O) groups is 1. The average Bonchev–Trinajstić information content (AvgIpc) is 3.30. The molecular formula is C30H29BrIN3O2S. The predicted octanol–water partition coefficient (Wildman–Crippen LogP) is 8.26. The van der Waals surface area contributed by atoms with Crippen LogP contribution in [0.4, 0.5) is 5.00 Å². The second-order valence-corrected chi connectivity index (χ2v) is 13.0. The van der Waals surface area contributed by atoms with Crippen molar-refractivity contribution in [3.63, 3.8) is 0 Å². The summed E-state index contributed by atoms with van der Waals surface area (Å²) < 4.78 is 8.16. The topological polar surface area (TPSA) is 74.5 Å². The number of rotatable bonds is 7. The van der Waals surface area contributed by atoms with Gasteiger partial charge in [0.1, 0.15) is 17.4 Å². The molecule has 1 heterocycles. The molecule has 1 fully saturated rings. The number of fused-ring (bicyclic) bond motifs is 1. The summed E-state index contributed by atoms with van der Waals surface area (Å²) in [6, 6.07) is 13.8. The highest BCUT2D eigenvalue weighted by Gasteiger charge is 2.27. The number of nitrogens with one attached hydrogen (secondary N) is 1. The fourth-order valence-electron chi connectivity index (χ4n) is 5.17. The van der Waals surface area contributed by atoms with Crippen molar-refractivity contribution < 1.29 is 9.53 Å². The fraction of sp³-hybridized carbons (Fsp3) is 0.367. The normalized spacial score (nSPS) is 15.7. The van der Waals surface area contributed by atoms with Gasteiger partial charge in [-0.15, -0.1) is 11.3 Å². The van der Waals surface area contributed by atoms with E-state index < -0.39 is 0 Å². The summed E-state index contributed by atoms with van der Waals surface area (Å²) in [5.74, 6) is 0.779. The molecule has 0 bridgehead atoms. The SMILES string of the molecule is N#Cc1ccc(COc2c(I)cc(Br)cc2C=Nc2sc3c(c2C(=O)NC2CCCCC2)CCCC3)cc1. The van der Waals surface area contributed by atoms with E-state index in [-0.39, 0.29) is 11.9 Å². The molecule has 2 aromatic carbocycles. The van der Waals surface area contributed by atoms with Gasteiger partial charge in [-0.1, -0.05) is 47.3 Å². The van der Waals surface area contributed by atoms with Gasteiger partial charge in [-0.25, -0.2) is 4.99 Å². The van der Waals surface area contributed by atoms with E-state index in [0.29, 0.717) is 12.2 Å². The van der Waals surface area contributed by atoms with Crippen LogP contribution in [0, 0.1) is 14.9 Å². The average molecular weight is 702 g/mol. The minimum absolute atomic E-state index is 0.0320. The number of nitriles is 1. The van der Waals surface area contributed by atoms with Crippen LogP contribution in [0.1, 0.15) is 82.4 Å². The molecule has 0 unspecified atom stereocenters. The Morgan fingerprint density at radius 3 is 2.68 bits per heavy atom. The molecule has 196 valence electrons. The van der Waals surface area contributed by atoms with E-state index in [2.05, 4.69) is 49.9 Å². The molecule has 38 heavy (non-hydrogen) atoms. The number of ether oxygens (including phenoxy) is 1. The van der Waals surface area contributed by atoms with Gasteiger partial charge in [0.25, 0.3) is 5.91 Å². The third-order valence-corrected chi connectivity index (χ3v) is 9.60. The first-order chi connectivity index (χ1) is 18.5. The zero-order chi connectivity index (χ0) is 26.5. The number of carbonyl (C=O) groups excluding carboxylic acids is 1. The van der Waals surface area contributed by atoms with Crippen molar-refractivity contribution in [1.82, 2.24) is 5.32 Å². The summed E-state index contributed by atoms with van der Waals surface area (Å²) in [5.41, 5.74) is 4.43. The second-order valence-electron chi connectivity index (χ2n) is 9.86. The first-order valence-electron chi connectivity index (χ1n) is 13.1. The van der Waals surface area contributed by atoms with Crippen LogP contribution in [-0.4, -0.2) is 18.2 Å². The molecule has 3 aromatic rings. The fourth-order valence-corrected chi connectivity index (χ4v) is 8.11. The number of thiophene rings is 1. The molecule has 0 radical (unpaired) electrons. The van der Waals surface area contributed by atoms with Gasteiger partial charge in [-0.2, -0.15) is 5.26 Å². The zero-order valence-corrected chi connectivity index (χ0v) is 25.6. The second kappa shape index (κ2) is 12.8. The lowest BCUT2D eigenvalue weighted by molar-refractivity contribution is 0.0927. The molecular weight excluding hydrogens is 673 g/mol. The molecule has 2 aliphatic carbocycles. The summed E-state index contributed by atoms with van der Waals surface area (Å²) in [6.45, 7) is 0.381. The van der Waals surface area contributed by atoms with Gasteiger partial charge in [0.2, 0.25) is 0 Å². The molecule has 0 saturated heterocycles. The third-order valence-electron chi connectivity index (χ3n) is 7.14. The van der Waals surface area contributed by atoms with Crippen LogP contribution in [0.2, 0.25) is 0 Å². The third kappa shape index (κ3) is 6.49. The number of amides is 1. The first-order valence-corrected chi connectivity index (χ1v) is 15.8. The highest BCUT2D eigenvalue weighted by molar-refractivity contribution is 14.1. The van der Waals surface area contributed by atoms with Crippen LogP contribution < -0.4 is 10.1 Å². The van der Waals surface area contributed by atoms with Crippen LogP contribution in [-0.2, 0) is 19.4 Å². The van der Waals surface area contributed by atoms with Crippen LogP contribution >= 0.6 is 49.9 Å². The Morgan fingerprint density at radius 1 is 1.16 bits per heavy atom. The van der Waals surface area contributed by atoms with Crippen molar-refractivity contribution in [1.29, 1.82) is 5.26 Å². The minimum Gasteiger partial charge on any atom is -0.487 e. The Hall–Kier alpha value is -2.22. The summed E-state index contributed by atoms with van der Waals surface area (Å²) >= 11 is 7.55. The number of hydrogen-bond donors (Lipinski definition) is 1. The lowest BCUT2D eigenvalue weighted by Crippen LogP contribution is -2.36. The predicted molar refractivity (Wildman–Crippen MR) is 165 cm³/mol. The van der Waals surface area contributed by atoms with Crippen molar-refractivity contribution in [2.45, 2.75) is 70.4 Å². The highest BCUT2D eigenvalue weighted by atomic mass is 127. The van der Waals surface area contributed by atoms with E-state index in [1.54, 1.807) is 23.5 Å². The van der Waals surface area contributed by atoms with Crippen molar-refractivity contribution in [3.05, 3.63) is 77.1 Å². The van der Waals surface area contributed by atoms with Crippen LogP contribution in [0.15, 0.2) is 45.9 Å². The van der Waals surface area contributed by atoms with Gasteiger partial charge in [-0.05, 0) is 96.5 Å². The number of aliphatic imine (C=N–C) groups is 1. The molecule has 1 aromatic heterocycles. The van der Waals surface area contributed by atoms with Gasteiger partial charge >= 0.3 is 0 Å². The molecule has 5 nitrogen and oxygen atoms in total. The highest BCUT2D eigenvalue weighted by Crippen LogP contribution is 2.40. The summed E-state index contributed by atoms with van der Waals surface area (Å²) in [4.78, 5) is 19.7. The van der Waals surface area contributed by atoms with Crippen molar-refractivity contribution in [3.8, 4) is 11.8 Å². The van der Waals surface area contributed by atoms with E-state index in [1.165, 1.54) is 29.7 Å². The van der Waals surface area contributed by atoms with Gasteiger partial charge in [0.15, 0.2) is 0 Å². The van der Waals surface area contributed by atoms with Crippen molar-refractivity contribution >= 4 is 67.0 Å². The molecule has 0 aliphatic heterocycles. The Kier molecular flexibility index (Phi) is 9.18. The maximum absolute atomic E-state index is 13.5.